The van der Waals surface area contributed by atoms with Gasteiger partial charge in [0, 0.05) is 57.2 Å². The monoisotopic (exact) mass is 427 g/mol. The van der Waals surface area contributed by atoms with Crippen molar-refractivity contribution in [1.29, 1.82) is 0 Å². The van der Waals surface area contributed by atoms with Crippen LogP contribution in [0.3, 0.4) is 0 Å². The number of carbonyl (C=O) groups is 2. The third kappa shape index (κ3) is 4.39. The summed E-state index contributed by atoms with van der Waals surface area (Å²) in [4.78, 5) is 41.9. The van der Waals surface area contributed by atoms with Crippen molar-refractivity contribution in [2.45, 2.75) is 26.7 Å². The number of pyridine rings is 1. The van der Waals surface area contributed by atoms with Gasteiger partial charge in [-0.3, -0.25) is 14.6 Å². The molecule has 2 aromatic rings. The third-order valence-corrected chi connectivity index (χ3v) is 7.28. The number of hydrogen-bond donors (Lipinski definition) is 0. The Balaban J connectivity index is 1.43. The summed E-state index contributed by atoms with van der Waals surface area (Å²) in [6.45, 7) is 9.73. The van der Waals surface area contributed by atoms with E-state index >= 15 is 0 Å². The van der Waals surface area contributed by atoms with Gasteiger partial charge in [0.25, 0.3) is 5.91 Å². The summed E-state index contributed by atoms with van der Waals surface area (Å²) in [6, 6.07) is 3.82. The minimum atomic E-state index is -0.0955. The van der Waals surface area contributed by atoms with Gasteiger partial charge in [-0.2, -0.15) is 0 Å². The molecule has 0 spiro atoms. The Kier molecular flexibility index (Phi) is 6.43. The molecule has 2 saturated heterocycles. The van der Waals surface area contributed by atoms with E-state index in [0.29, 0.717) is 18.0 Å². The SMILES string of the molecule is CCN1CCN(C(=O)C2CCCN(C(=O)c3sc(-c4cccnc4)nc3C)C2)CC1. The van der Waals surface area contributed by atoms with Crippen molar-refractivity contribution in [3.63, 3.8) is 0 Å². The number of carbonyl (C=O) groups excluding carboxylic acids is 2. The zero-order chi connectivity index (χ0) is 21.1. The lowest BCUT2D eigenvalue weighted by atomic mass is 9.96. The van der Waals surface area contributed by atoms with Gasteiger partial charge in [0.1, 0.15) is 9.88 Å². The molecule has 4 heterocycles. The highest BCUT2D eigenvalue weighted by atomic mass is 32.1. The molecule has 2 aromatic heterocycles. The quantitative estimate of drug-likeness (QED) is 0.750. The average Bonchev–Trinajstić information content (AvgIpc) is 3.20. The molecule has 2 fully saturated rings. The molecule has 0 N–H and O–H groups in total. The average molecular weight is 428 g/mol. The van der Waals surface area contributed by atoms with Crippen LogP contribution < -0.4 is 0 Å². The highest BCUT2D eigenvalue weighted by Gasteiger charge is 2.33. The fourth-order valence-electron chi connectivity index (χ4n) is 4.26. The van der Waals surface area contributed by atoms with E-state index in [1.165, 1.54) is 11.3 Å². The Bertz CT molecular complexity index is 892. The molecule has 0 bridgehead atoms. The minimum Gasteiger partial charge on any atom is -0.340 e. The topological polar surface area (TPSA) is 69.6 Å². The summed E-state index contributed by atoms with van der Waals surface area (Å²) in [5.74, 6) is 0.107. The number of rotatable bonds is 4. The second-order valence-corrected chi connectivity index (χ2v) is 9.02. The Morgan fingerprint density at radius 2 is 1.97 bits per heavy atom. The molecular formula is C22H29N5O2S. The molecule has 2 aliphatic rings. The molecule has 8 heteroatoms. The van der Waals surface area contributed by atoms with Crippen LogP contribution in [0.4, 0.5) is 0 Å². The van der Waals surface area contributed by atoms with Crippen molar-refractivity contribution >= 4 is 23.2 Å². The maximum atomic E-state index is 13.2. The first-order chi connectivity index (χ1) is 14.6. The molecule has 0 aliphatic carbocycles. The largest absolute Gasteiger partial charge is 0.340 e. The van der Waals surface area contributed by atoms with Crippen LogP contribution in [0.15, 0.2) is 24.5 Å². The Hall–Kier alpha value is -2.32. The normalized spacial score (nSPS) is 20.4. The van der Waals surface area contributed by atoms with Gasteiger partial charge in [-0.05, 0) is 38.4 Å². The first kappa shape index (κ1) is 20.9. The van der Waals surface area contributed by atoms with Crippen LogP contribution in [0.2, 0.25) is 0 Å². The molecule has 0 aromatic carbocycles. The van der Waals surface area contributed by atoms with Gasteiger partial charge in [0.05, 0.1) is 11.6 Å². The first-order valence-electron chi connectivity index (χ1n) is 10.7. The van der Waals surface area contributed by atoms with Gasteiger partial charge in [0.15, 0.2) is 0 Å². The van der Waals surface area contributed by atoms with E-state index in [-0.39, 0.29) is 17.7 Å². The van der Waals surface area contributed by atoms with Crippen molar-refractivity contribution < 1.29 is 9.59 Å². The first-order valence-corrected chi connectivity index (χ1v) is 11.6. The van der Waals surface area contributed by atoms with E-state index in [0.717, 1.165) is 61.8 Å². The van der Waals surface area contributed by atoms with E-state index in [1.54, 1.807) is 12.4 Å². The second-order valence-electron chi connectivity index (χ2n) is 8.03. The Morgan fingerprint density at radius 3 is 2.67 bits per heavy atom. The molecular weight excluding hydrogens is 398 g/mol. The van der Waals surface area contributed by atoms with Gasteiger partial charge >= 0.3 is 0 Å². The predicted octanol–water partition coefficient (Wildman–Crippen LogP) is 2.53. The maximum Gasteiger partial charge on any atom is 0.265 e. The zero-order valence-electron chi connectivity index (χ0n) is 17.7. The lowest BCUT2D eigenvalue weighted by Crippen LogP contribution is -2.52. The summed E-state index contributed by atoms with van der Waals surface area (Å²) < 4.78 is 0. The molecule has 1 unspecified atom stereocenters. The zero-order valence-corrected chi connectivity index (χ0v) is 18.5. The smallest absolute Gasteiger partial charge is 0.265 e. The van der Waals surface area contributed by atoms with E-state index in [1.807, 2.05) is 28.9 Å². The lowest BCUT2D eigenvalue weighted by Gasteiger charge is -2.38. The van der Waals surface area contributed by atoms with Crippen LogP contribution >= 0.6 is 11.3 Å². The molecule has 2 aliphatic heterocycles. The highest BCUT2D eigenvalue weighted by Crippen LogP contribution is 2.30. The van der Waals surface area contributed by atoms with Gasteiger partial charge in [0.2, 0.25) is 5.91 Å². The number of thiazole rings is 1. The Labute approximate surface area is 181 Å². The molecule has 7 nitrogen and oxygen atoms in total. The predicted molar refractivity (Wildman–Crippen MR) is 117 cm³/mol. The standard InChI is InChI=1S/C22H29N5O2S/c1-3-25-10-12-26(13-11-25)21(28)18-7-5-9-27(15-18)22(29)19-16(2)24-20(30-19)17-6-4-8-23-14-17/h4,6,8,14,18H,3,5,7,9-13,15H2,1-2H3. The van der Waals surface area contributed by atoms with Crippen LogP contribution in [-0.4, -0.2) is 82.3 Å². The van der Waals surface area contributed by atoms with Crippen molar-refractivity contribution in [3.05, 3.63) is 35.1 Å². The molecule has 4 rings (SSSR count). The number of aryl methyl sites for hydroxylation is 1. The number of piperidine rings is 1. The van der Waals surface area contributed by atoms with Crippen molar-refractivity contribution in [3.8, 4) is 10.6 Å². The molecule has 0 saturated carbocycles. The van der Waals surface area contributed by atoms with E-state index in [4.69, 9.17) is 0 Å². The fraction of sp³-hybridized carbons (Fsp3) is 0.545. The van der Waals surface area contributed by atoms with Crippen molar-refractivity contribution in [2.75, 3.05) is 45.8 Å². The lowest BCUT2D eigenvalue weighted by molar-refractivity contribution is -0.138. The number of piperazine rings is 1. The number of amides is 2. The van der Waals surface area contributed by atoms with Crippen molar-refractivity contribution in [1.82, 2.24) is 24.7 Å². The van der Waals surface area contributed by atoms with Gasteiger partial charge in [-0.1, -0.05) is 6.92 Å². The van der Waals surface area contributed by atoms with E-state index in [2.05, 4.69) is 21.8 Å². The fourth-order valence-corrected chi connectivity index (χ4v) is 5.28. The summed E-state index contributed by atoms with van der Waals surface area (Å²) >= 11 is 1.41. The van der Waals surface area contributed by atoms with E-state index in [9.17, 15) is 9.59 Å². The van der Waals surface area contributed by atoms with Crippen LogP contribution in [0, 0.1) is 12.8 Å². The van der Waals surface area contributed by atoms with Gasteiger partial charge < -0.3 is 14.7 Å². The maximum absolute atomic E-state index is 13.2. The molecule has 30 heavy (non-hydrogen) atoms. The van der Waals surface area contributed by atoms with Crippen LogP contribution in [0.25, 0.3) is 10.6 Å². The van der Waals surface area contributed by atoms with Crippen molar-refractivity contribution in [2.24, 2.45) is 5.92 Å². The molecule has 1 atom stereocenters. The summed E-state index contributed by atoms with van der Waals surface area (Å²) in [6.07, 6.45) is 5.22. The molecule has 2 amide bonds. The number of hydrogen-bond acceptors (Lipinski definition) is 6. The Morgan fingerprint density at radius 1 is 1.17 bits per heavy atom. The number of aromatic nitrogens is 2. The second kappa shape index (κ2) is 9.22. The number of likely N-dealkylation sites (N-methyl/N-ethyl adjacent to an activating group) is 1. The summed E-state index contributed by atoms with van der Waals surface area (Å²) in [5, 5.41) is 0.808. The molecule has 0 radical (unpaired) electrons. The summed E-state index contributed by atoms with van der Waals surface area (Å²) in [5.41, 5.74) is 1.66. The summed E-state index contributed by atoms with van der Waals surface area (Å²) in [7, 11) is 0. The number of likely N-dealkylation sites (tertiary alicyclic amines) is 1. The van der Waals surface area contributed by atoms with Crippen LogP contribution in [-0.2, 0) is 4.79 Å². The van der Waals surface area contributed by atoms with Crippen LogP contribution in [0.5, 0.6) is 0 Å². The molecule has 160 valence electrons. The van der Waals surface area contributed by atoms with Gasteiger partial charge in [-0.25, -0.2) is 4.98 Å². The van der Waals surface area contributed by atoms with Gasteiger partial charge in [-0.15, -0.1) is 11.3 Å². The van der Waals surface area contributed by atoms with Crippen LogP contribution in [0.1, 0.15) is 35.1 Å². The van der Waals surface area contributed by atoms with E-state index < -0.39 is 0 Å². The third-order valence-electron chi connectivity index (χ3n) is 6.09. The minimum absolute atomic E-state index is 0.00607. The number of nitrogens with zero attached hydrogens (tertiary/aromatic N) is 5. The highest BCUT2D eigenvalue weighted by molar-refractivity contribution is 7.17.